The maximum Gasteiger partial charge on any atom is 0.163 e. The molecule has 0 atom stereocenters. The van der Waals surface area contributed by atoms with E-state index in [4.69, 9.17) is 4.74 Å². The van der Waals surface area contributed by atoms with Gasteiger partial charge >= 0.3 is 0 Å². The van der Waals surface area contributed by atoms with Gasteiger partial charge in [0.25, 0.3) is 0 Å². The molecule has 1 aliphatic heterocycles. The Morgan fingerprint density at radius 3 is 1.92 bits per heavy atom. The Hall–Kier alpha value is -2.23. The highest BCUT2D eigenvalue weighted by molar-refractivity contribution is 6.06. The zero-order valence-electron chi connectivity index (χ0n) is 15.9. The van der Waals surface area contributed by atoms with Crippen LogP contribution in [0.3, 0.4) is 0 Å². The van der Waals surface area contributed by atoms with Gasteiger partial charge in [-0.25, -0.2) is 0 Å². The van der Waals surface area contributed by atoms with Gasteiger partial charge < -0.3 is 4.74 Å². The van der Waals surface area contributed by atoms with Crippen molar-refractivity contribution in [3.63, 3.8) is 0 Å². The summed E-state index contributed by atoms with van der Waals surface area (Å²) in [6, 6.07) is 3.82. The molecule has 3 aliphatic rings. The molecule has 0 unspecified atom stereocenters. The van der Waals surface area contributed by atoms with Crippen LogP contribution in [-0.2, 0) is 14.3 Å². The molecule has 0 N–H and O–H groups in total. The van der Waals surface area contributed by atoms with Gasteiger partial charge in [0.05, 0.1) is 0 Å². The van der Waals surface area contributed by atoms with Crippen LogP contribution in [0.1, 0.15) is 64.9 Å². The minimum Gasteiger partial charge on any atom is -0.465 e. The molecule has 26 heavy (non-hydrogen) atoms. The van der Waals surface area contributed by atoms with Gasteiger partial charge in [-0.2, -0.15) is 0 Å². The lowest BCUT2D eigenvalue weighted by Crippen LogP contribution is -2.37. The zero-order valence-corrected chi connectivity index (χ0v) is 15.9. The molecule has 2 heterocycles. The Balaban J connectivity index is 1.91. The Morgan fingerprint density at radius 1 is 0.923 bits per heavy atom. The first-order valence-corrected chi connectivity index (χ1v) is 9.27. The molecule has 0 bridgehead atoms. The van der Waals surface area contributed by atoms with E-state index in [9.17, 15) is 9.59 Å². The number of ketones is 2. The highest BCUT2D eigenvalue weighted by atomic mass is 16.5. The summed E-state index contributed by atoms with van der Waals surface area (Å²) in [6.45, 7) is 8.38. The molecule has 4 rings (SSSR count). The summed E-state index contributed by atoms with van der Waals surface area (Å²) in [6.07, 6.45) is 5.88. The lowest BCUT2D eigenvalue weighted by Gasteiger charge is -2.42. The number of rotatable bonds is 1. The second-order valence-electron chi connectivity index (χ2n) is 9.38. The van der Waals surface area contributed by atoms with Gasteiger partial charge in [-0.05, 0) is 22.5 Å². The molecule has 4 heteroatoms. The molecule has 0 saturated carbocycles. The van der Waals surface area contributed by atoms with Gasteiger partial charge in [-0.1, -0.05) is 33.8 Å². The summed E-state index contributed by atoms with van der Waals surface area (Å²) in [7, 11) is 0. The summed E-state index contributed by atoms with van der Waals surface area (Å²) in [5.74, 6) is 1.35. The lowest BCUT2D eigenvalue weighted by molar-refractivity contribution is -0.120. The molecular weight excluding hydrogens is 326 g/mol. The predicted octanol–water partition coefficient (Wildman–Crippen LogP) is 4.48. The second-order valence-corrected chi connectivity index (χ2v) is 9.38. The van der Waals surface area contributed by atoms with Crippen LogP contribution < -0.4 is 0 Å². The minimum atomic E-state index is -0.338. The van der Waals surface area contributed by atoms with Crippen LogP contribution in [0.5, 0.6) is 0 Å². The number of ether oxygens (including phenoxy) is 1. The van der Waals surface area contributed by atoms with E-state index in [0.29, 0.717) is 24.0 Å². The fraction of sp³-hybridized carbons (Fsp3) is 0.500. The topological polar surface area (TPSA) is 56.3 Å². The Kier molecular flexibility index (Phi) is 3.73. The van der Waals surface area contributed by atoms with Crippen molar-refractivity contribution in [3.8, 4) is 0 Å². The van der Waals surface area contributed by atoms with Gasteiger partial charge in [0.15, 0.2) is 11.6 Å². The van der Waals surface area contributed by atoms with Crippen molar-refractivity contribution in [3.05, 3.63) is 52.8 Å². The molecule has 0 amide bonds. The van der Waals surface area contributed by atoms with Crippen LogP contribution in [0.25, 0.3) is 0 Å². The highest BCUT2D eigenvalue weighted by Crippen LogP contribution is 2.53. The third kappa shape index (κ3) is 2.81. The van der Waals surface area contributed by atoms with E-state index in [1.54, 1.807) is 12.4 Å². The van der Waals surface area contributed by atoms with Crippen molar-refractivity contribution in [1.29, 1.82) is 0 Å². The first-order chi connectivity index (χ1) is 12.2. The fourth-order valence-electron chi connectivity index (χ4n) is 4.55. The van der Waals surface area contributed by atoms with Crippen LogP contribution in [0.15, 0.2) is 47.2 Å². The second kappa shape index (κ2) is 5.63. The largest absolute Gasteiger partial charge is 0.465 e. The van der Waals surface area contributed by atoms with Crippen LogP contribution in [-0.4, -0.2) is 16.6 Å². The van der Waals surface area contributed by atoms with Gasteiger partial charge in [0, 0.05) is 55.1 Å². The van der Waals surface area contributed by atoms with Crippen molar-refractivity contribution >= 4 is 11.6 Å². The summed E-state index contributed by atoms with van der Waals surface area (Å²) in [5, 5.41) is 0. The average Bonchev–Trinajstić information content (AvgIpc) is 2.51. The number of aromatic nitrogens is 1. The van der Waals surface area contributed by atoms with Crippen molar-refractivity contribution in [1.82, 2.24) is 4.98 Å². The van der Waals surface area contributed by atoms with E-state index < -0.39 is 0 Å². The van der Waals surface area contributed by atoms with Crippen molar-refractivity contribution < 1.29 is 14.3 Å². The number of carbonyl (C=O) groups is 2. The summed E-state index contributed by atoms with van der Waals surface area (Å²) in [5.41, 5.74) is 1.99. The third-order valence-corrected chi connectivity index (χ3v) is 5.60. The monoisotopic (exact) mass is 351 g/mol. The fourth-order valence-corrected chi connectivity index (χ4v) is 4.55. The molecule has 0 radical (unpaired) electrons. The molecule has 0 spiro atoms. The molecule has 136 valence electrons. The first-order valence-electron chi connectivity index (χ1n) is 9.27. The van der Waals surface area contributed by atoms with Crippen LogP contribution in [0, 0.1) is 10.8 Å². The predicted molar refractivity (Wildman–Crippen MR) is 98.2 cm³/mol. The Morgan fingerprint density at radius 2 is 1.46 bits per heavy atom. The summed E-state index contributed by atoms with van der Waals surface area (Å²) < 4.78 is 6.26. The van der Waals surface area contributed by atoms with Crippen LogP contribution in [0.4, 0.5) is 0 Å². The van der Waals surface area contributed by atoms with Crippen LogP contribution >= 0.6 is 0 Å². The quantitative estimate of drug-likeness (QED) is 0.748. The van der Waals surface area contributed by atoms with E-state index in [-0.39, 0.29) is 28.3 Å². The van der Waals surface area contributed by atoms with Gasteiger partial charge in [0.2, 0.25) is 0 Å². The Bertz CT molecular complexity index is 807. The maximum absolute atomic E-state index is 13.0. The number of hydrogen-bond donors (Lipinski definition) is 0. The molecule has 1 aromatic rings. The number of nitrogens with zero attached hydrogens (tertiary/aromatic N) is 1. The van der Waals surface area contributed by atoms with Crippen molar-refractivity contribution in [2.24, 2.45) is 10.8 Å². The molecule has 0 saturated heterocycles. The third-order valence-electron chi connectivity index (χ3n) is 5.60. The van der Waals surface area contributed by atoms with Gasteiger partial charge in [-0.3, -0.25) is 14.6 Å². The molecule has 0 fully saturated rings. The normalized spacial score (nSPS) is 24.9. The molecule has 2 aliphatic carbocycles. The lowest BCUT2D eigenvalue weighted by atomic mass is 9.66. The van der Waals surface area contributed by atoms with Crippen molar-refractivity contribution in [2.75, 3.05) is 0 Å². The van der Waals surface area contributed by atoms with E-state index in [0.717, 1.165) is 29.9 Å². The number of allylic oxidation sites excluding steroid dienone is 4. The maximum atomic E-state index is 13.0. The van der Waals surface area contributed by atoms with Crippen LogP contribution in [0.2, 0.25) is 0 Å². The highest BCUT2D eigenvalue weighted by Gasteiger charge is 2.47. The van der Waals surface area contributed by atoms with Gasteiger partial charge in [-0.15, -0.1) is 0 Å². The van der Waals surface area contributed by atoms with E-state index >= 15 is 0 Å². The molecular formula is C22H25NO3. The average molecular weight is 351 g/mol. The minimum absolute atomic E-state index is 0.0919. The zero-order chi connectivity index (χ0) is 18.7. The number of pyridine rings is 1. The van der Waals surface area contributed by atoms with E-state index in [1.807, 2.05) is 12.1 Å². The molecule has 4 nitrogen and oxygen atoms in total. The van der Waals surface area contributed by atoms with E-state index in [2.05, 4.69) is 32.7 Å². The molecule has 0 aromatic carbocycles. The van der Waals surface area contributed by atoms with E-state index in [1.165, 1.54) is 0 Å². The van der Waals surface area contributed by atoms with Crippen molar-refractivity contribution in [2.45, 2.75) is 59.3 Å². The SMILES string of the molecule is CC1(C)CC(=O)C2=C(C1)OC1=C(C(=O)CC(C)(C)C1)C2c1cccnc1. The standard InChI is InChI=1S/C22H25NO3/c1-21(2)8-14(24)19-16(10-21)26-17-11-22(3,4)9-15(25)20(17)18(19)13-6-5-7-23-12-13/h5-7,12,18H,8-11H2,1-4H3. The summed E-state index contributed by atoms with van der Waals surface area (Å²) >= 11 is 0. The Labute approximate surface area is 154 Å². The number of hydrogen-bond acceptors (Lipinski definition) is 4. The smallest absolute Gasteiger partial charge is 0.163 e. The van der Waals surface area contributed by atoms with Gasteiger partial charge in [0.1, 0.15) is 11.5 Å². The number of Topliss-reactive ketones (excluding diaryl/α,β-unsaturated/α-hetero) is 2. The molecule has 1 aromatic heterocycles. The number of carbonyl (C=O) groups excluding carboxylic acids is 2. The summed E-state index contributed by atoms with van der Waals surface area (Å²) in [4.78, 5) is 30.3. The first kappa shape index (κ1) is 17.2.